The first-order valence-electron chi connectivity index (χ1n) is 6.31. The predicted molar refractivity (Wildman–Crippen MR) is 92.1 cm³/mol. The molecule has 0 saturated carbocycles. The molecule has 0 aliphatic carbocycles. The van der Waals surface area contributed by atoms with E-state index in [-0.39, 0.29) is 11.1 Å². The molecule has 23 heavy (non-hydrogen) atoms. The van der Waals surface area contributed by atoms with Crippen LogP contribution in [-0.2, 0) is 0 Å². The third-order valence-electron chi connectivity index (χ3n) is 2.88. The van der Waals surface area contributed by atoms with Gasteiger partial charge in [0.2, 0.25) is 0 Å². The zero-order valence-corrected chi connectivity index (χ0v) is 14.7. The number of hydrazine groups is 1. The Hall–Kier alpha value is -1.87. The SMILES string of the molecule is COc1cc(I)c(Cl)cc1C(=O)NNC(=O)c1ccc(F)cc1. The van der Waals surface area contributed by atoms with Crippen LogP contribution < -0.4 is 15.6 Å². The van der Waals surface area contributed by atoms with E-state index in [1.807, 2.05) is 22.6 Å². The van der Waals surface area contributed by atoms with E-state index in [9.17, 15) is 14.0 Å². The number of hydrogen-bond acceptors (Lipinski definition) is 3. The summed E-state index contributed by atoms with van der Waals surface area (Å²) in [6.07, 6.45) is 0. The average Bonchev–Trinajstić information content (AvgIpc) is 2.55. The van der Waals surface area contributed by atoms with Crippen molar-refractivity contribution in [3.8, 4) is 5.75 Å². The topological polar surface area (TPSA) is 67.4 Å². The van der Waals surface area contributed by atoms with E-state index >= 15 is 0 Å². The van der Waals surface area contributed by atoms with Crippen molar-refractivity contribution in [1.82, 2.24) is 10.9 Å². The Bertz CT molecular complexity index is 753. The van der Waals surface area contributed by atoms with E-state index < -0.39 is 17.6 Å². The summed E-state index contributed by atoms with van der Waals surface area (Å²) in [6.45, 7) is 0. The molecule has 0 aromatic heterocycles. The van der Waals surface area contributed by atoms with Crippen LogP contribution in [0.3, 0.4) is 0 Å². The van der Waals surface area contributed by atoms with E-state index in [0.29, 0.717) is 10.8 Å². The third-order valence-corrected chi connectivity index (χ3v) is 4.41. The van der Waals surface area contributed by atoms with Crippen molar-refractivity contribution in [1.29, 1.82) is 0 Å². The van der Waals surface area contributed by atoms with Crippen LogP contribution in [0, 0.1) is 9.39 Å². The number of amides is 2. The minimum absolute atomic E-state index is 0.178. The minimum Gasteiger partial charge on any atom is -0.496 e. The number of carbonyl (C=O) groups is 2. The van der Waals surface area contributed by atoms with Gasteiger partial charge in [-0.25, -0.2) is 4.39 Å². The summed E-state index contributed by atoms with van der Waals surface area (Å²) in [4.78, 5) is 24.0. The maximum atomic E-state index is 12.8. The first-order valence-corrected chi connectivity index (χ1v) is 7.77. The van der Waals surface area contributed by atoms with Crippen LogP contribution in [0.1, 0.15) is 20.7 Å². The molecule has 0 saturated heterocycles. The molecule has 5 nitrogen and oxygen atoms in total. The van der Waals surface area contributed by atoms with Gasteiger partial charge in [-0.1, -0.05) is 11.6 Å². The summed E-state index contributed by atoms with van der Waals surface area (Å²) >= 11 is 8.01. The summed E-state index contributed by atoms with van der Waals surface area (Å²) in [5, 5.41) is 0.390. The van der Waals surface area contributed by atoms with Crippen LogP contribution >= 0.6 is 34.2 Å². The second-order valence-corrected chi connectivity index (χ2v) is 5.95. The normalized spacial score (nSPS) is 10.1. The van der Waals surface area contributed by atoms with Gasteiger partial charge in [-0.3, -0.25) is 20.4 Å². The van der Waals surface area contributed by atoms with Gasteiger partial charge in [0, 0.05) is 9.13 Å². The number of hydrogen-bond donors (Lipinski definition) is 2. The smallest absolute Gasteiger partial charge is 0.273 e. The van der Waals surface area contributed by atoms with E-state index in [4.69, 9.17) is 16.3 Å². The number of halogens is 3. The molecule has 0 heterocycles. The molecule has 0 spiro atoms. The Balaban J connectivity index is 2.09. The van der Waals surface area contributed by atoms with Crippen molar-refractivity contribution in [2.45, 2.75) is 0 Å². The quantitative estimate of drug-likeness (QED) is 0.560. The van der Waals surface area contributed by atoms with Crippen LogP contribution in [0.15, 0.2) is 36.4 Å². The van der Waals surface area contributed by atoms with Gasteiger partial charge in [0.25, 0.3) is 11.8 Å². The van der Waals surface area contributed by atoms with Crippen molar-refractivity contribution in [2.24, 2.45) is 0 Å². The number of methoxy groups -OCH3 is 1. The number of ether oxygens (including phenoxy) is 1. The molecule has 120 valence electrons. The first-order chi connectivity index (χ1) is 10.9. The molecule has 2 N–H and O–H groups in total. The standard InChI is InChI=1S/C15H11ClFIN2O3/c1-23-13-7-12(18)11(16)6-10(13)15(22)20-19-14(21)8-2-4-9(17)5-3-8/h2-7H,1H3,(H,19,21)(H,20,22). The fraction of sp³-hybridized carbons (Fsp3) is 0.0667. The zero-order valence-electron chi connectivity index (χ0n) is 11.8. The monoisotopic (exact) mass is 448 g/mol. The summed E-state index contributed by atoms with van der Waals surface area (Å²) in [5.41, 5.74) is 4.89. The molecule has 0 aliphatic rings. The Morgan fingerprint density at radius 2 is 1.74 bits per heavy atom. The van der Waals surface area contributed by atoms with Crippen molar-refractivity contribution in [3.63, 3.8) is 0 Å². The lowest BCUT2D eigenvalue weighted by Gasteiger charge is -2.11. The predicted octanol–water partition coefficient (Wildman–Crippen LogP) is 3.17. The molecular weight excluding hydrogens is 438 g/mol. The summed E-state index contributed by atoms with van der Waals surface area (Å²) in [6, 6.07) is 7.97. The molecule has 2 rings (SSSR count). The molecule has 8 heteroatoms. The number of carbonyl (C=O) groups excluding carboxylic acids is 2. The molecular formula is C15H11ClFIN2O3. The minimum atomic E-state index is -0.587. The first kappa shape index (κ1) is 17.5. The fourth-order valence-corrected chi connectivity index (χ4v) is 2.33. The highest BCUT2D eigenvalue weighted by molar-refractivity contribution is 14.1. The van der Waals surface area contributed by atoms with E-state index in [1.54, 1.807) is 6.07 Å². The highest BCUT2D eigenvalue weighted by Crippen LogP contribution is 2.28. The maximum absolute atomic E-state index is 12.8. The molecule has 0 aliphatic heterocycles. The Morgan fingerprint density at radius 3 is 2.35 bits per heavy atom. The molecule has 2 amide bonds. The van der Waals surface area contributed by atoms with Gasteiger partial charge in [0.05, 0.1) is 17.7 Å². The number of benzene rings is 2. The highest BCUT2D eigenvalue weighted by Gasteiger charge is 2.16. The van der Waals surface area contributed by atoms with Gasteiger partial charge in [-0.2, -0.15) is 0 Å². The van der Waals surface area contributed by atoms with Crippen molar-refractivity contribution in [2.75, 3.05) is 7.11 Å². The largest absolute Gasteiger partial charge is 0.496 e. The van der Waals surface area contributed by atoms with Crippen molar-refractivity contribution in [3.05, 3.63) is 61.9 Å². The molecule has 0 atom stereocenters. The van der Waals surface area contributed by atoms with Crippen molar-refractivity contribution >= 4 is 46.0 Å². The number of nitrogens with one attached hydrogen (secondary N) is 2. The van der Waals surface area contributed by atoms with Gasteiger partial charge in [0.15, 0.2) is 0 Å². The molecule has 2 aromatic carbocycles. The molecule has 0 radical (unpaired) electrons. The second-order valence-electron chi connectivity index (χ2n) is 4.38. The fourth-order valence-electron chi connectivity index (χ4n) is 1.73. The Kier molecular flexibility index (Phi) is 5.78. The van der Waals surface area contributed by atoms with Crippen LogP contribution in [0.2, 0.25) is 5.02 Å². The van der Waals surface area contributed by atoms with Crippen LogP contribution in [0.5, 0.6) is 5.75 Å². The highest BCUT2D eigenvalue weighted by atomic mass is 127. The Labute approximate surface area is 150 Å². The molecule has 0 unspecified atom stereocenters. The lowest BCUT2D eigenvalue weighted by Crippen LogP contribution is -2.41. The van der Waals surface area contributed by atoms with Gasteiger partial charge < -0.3 is 4.74 Å². The van der Waals surface area contributed by atoms with Gasteiger partial charge >= 0.3 is 0 Å². The molecule has 2 aromatic rings. The number of rotatable bonds is 3. The van der Waals surface area contributed by atoms with Crippen molar-refractivity contribution < 1.29 is 18.7 Å². The summed E-state index contributed by atoms with van der Waals surface area (Å²) in [7, 11) is 1.42. The van der Waals surface area contributed by atoms with E-state index in [0.717, 1.165) is 15.7 Å². The maximum Gasteiger partial charge on any atom is 0.273 e. The Morgan fingerprint density at radius 1 is 1.13 bits per heavy atom. The second kappa shape index (κ2) is 7.60. The van der Waals surface area contributed by atoms with Gasteiger partial charge in [-0.05, 0) is 59.0 Å². The summed E-state index contributed by atoms with van der Waals surface area (Å²) in [5.74, 6) is -1.29. The third kappa shape index (κ3) is 4.32. The summed E-state index contributed by atoms with van der Waals surface area (Å²) < 4.78 is 18.7. The molecule has 0 fully saturated rings. The van der Waals surface area contributed by atoms with E-state index in [2.05, 4.69) is 10.9 Å². The molecule has 0 bridgehead atoms. The van der Waals surface area contributed by atoms with Gasteiger partial charge in [0.1, 0.15) is 11.6 Å². The average molecular weight is 449 g/mol. The van der Waals surface area contributed by atoms with Crippen LogP contribution in [0.25, 0.3) is 0 Å². The van der Waals surface area contributed by atoms with E-state index in [1.165, 1.54) is 25.3 Å². The van der Waals surface area contributed by atoms with Gasteiger partial charge in [-0.15, -0.1) is 0 Å². The lowest BCUT2D eigenvalue weighted by molar-refractivity contribution is 0.0845. The van der Waals surface area contributed by atoms with Crippen LogP contribution in [-0.4, -0.2) is 18.9 Å². The lowest BCUT2D eigenvalue weighted by atomic mass is 10.2. The zero-order chi connectivity index (χ0) is 17.0. The van der Waals surface area contributed by atoms with Crippen LogP contribution in [0.4, 0.5) is 4.39 Å².